The Morgan fingerprint density at radius 3 is 1.81 bits per heavy atom. The van der Waals surface area contributed by atoms with E-state index in [9.17, 15) is 40.2 Å². The normalized spacial score (nSPS) is 14.1. The predicted octanol–water partition coefficient (Wildman–Crippen LogP) is 8.78. The second-order valence-electron chi connectivity index (χ2n) is 13.4. The van der Waals surface area contributed by atoms with E-state index in [0.717, 1.165) is 17.2 Å². The first-order valence-electron chi connectivity index (χ1n) is 17.5. The maximum absolute atomic E-state index is 13.6. The smallest absolute Gasteiger partial charge is 0.255 e. The van der Waals surface area contributed by atoms with Crippen molar-refractivity contribution in [2.24, 2.45) is 0 Å². The molecule has 4 aromatic rings. The minimum absolute atomic E-state index is 0.0340. The molecule has 10 nitrogen and oxygen atoms in total. The molecule has 2 atom stereocenters. The van der Waals surface area contributed by atoms with E-state index in [-0.39, 0.29) is 75.1 Å². The molecule has 0 spiro atoms. The van der Waals surface area contributed by atoms with Crippen molar-refractivity contribution in [3.05, 3.63) is 153 Å². The highest BCUT2D eigenvalue weighted by atomic mass is 16.3. The van der Waals surface area contributed by atoms with Crippen molar-refractivity contribution < 1.29 is 40.2 Å². The summed E-state index contributed by atoms with van der Waals surface area (Å²) in [7, 11) is 0. The minimum atomic E-state index is -0.743. The van der Waals surface area contributed by atoms with E-state index in [1.807, 2.05) is 74.5 Å². The summed E-state index contributed by atoms with van der Waals surface area (Å²) in [6.45, 7) is 14.0. The number of aromatic hydroxyl groups is 3. The second kappa shape index (κ2) is 17.4. The number of carbonyl (C=O) groups is 2. The van der Waals surface area contributed by atoms with Crippen molar-refractivity contribution in [3.63, 3.8) is 0 Å². The highest BCUT2D eigenvalue weighted by molar-refractivity contribution is 6.13. The number of aliphatic hydroxyl groups is 3. The van der Waals surface area contributed by atoms with E-state index >= 15 is 0 Å². The summed E-state index contributed by atoms with van der Waals surface area (Å²) in [4.78, 5) is 27.2. The van der Waals surface area contributed by atoms with Gasteiger partial charge in [-0.2, -0.15) is 0 Å². The van der Waals surface area contributed by atoms with Crippen molar-refractivity contribution in [1.29, 1.82) is 0 Å². The Balaban J connectivity index is 1.75. The number of carbonyl (C=O) groups excluding carboxylic acids is 2. The van der Waals surface area contributed by atoms with E-state index in [1.54, 1.807) is 32.9 Å². The molecule has 0 saturated carbocycles. The van der Waals surface area contributed by atoms with Crippen molar-refractivity contribution in [2.45, 2.75) is 53.4 Å². The Bertz CT molecular complexity index is 2190. The summed E-state index contributed by atoms with van der Waals surface area (Å²) >= 11 is 0. The highest BCUT2D eigenvalue weighted by Gasteiger charge is 2.27. The Kier molecular flexibility index (Phi) is 13.0. The average molecular weight is 733 g/mol. The third-order valence-corrected chi connectivity index (χ3v) is 9.38. The molecule has 0 fully saturated rings. The van der Waals surface area contributed by atoms with Crippen molar-refractivity contribution >= 4 is 28.2 Å². The average Bonchev–Trinajstić information content (AvgIpc) is 3.15. The molecule has 0 aliphatic rings. The maximum Gasteiger partial charge on any atom is 0.255 e. The molecular weight excluding hydrogens is 684 g/mol. The van der Waals surface area contributed by atoms with Crippen LogP contribution in [-0.4, -0.2) is 55.5 Å². The maximum atomic E-state index is 13.6. The third kappa shape index (κ3) is 8.78. The molecule has 282 valence electrons. The Labute approximate surface area is 315 Å². The molecular formula is C44H48N2O8. The van der Waals surface area contributed by atoms with E-state index in [0.29, 0.717) is 11.1 Å². The molecule has 2 amide bonds. The number of phenols is 3. The molecule has 8 N–H and O–H groups in total. The lowest BCUT2D eigenvalue weighted by Gasteiger charge is -2.20. The zero-order valence-electron chi connectivity index (χ0n) is 31.4. The summed E-state index contributed by atoms with van der Waals surface area (Å²) in [5.74, 6) is -4.83. The van der Waals surface area contributed by atoms with Gasteiger partial charge in [-0.25, -0.2) is 0 Å². The van der Waals surface area contributed by atoms with Crippen LogP contribution in [0, 0.1) is 6.92 Å². The lowest BCUT2D eigenvalue weighted by Crippen LogP contribution is -2.30. The molecule has 4 aromatic carbocycles. The van der Waals surface area contributed by atoms with E-state index in [4.69, 9.17) is 0 Å². The number of amides is 2. The minimum Gasteiger partial charge on any atom is -0.512 e. The summed E-state index contributed by atoms with van der Waals surface area (Å²) in [6.07, 6.45) is 3.05. The van der Waals surface area contributed by atoms with Crippen LogP contribution in [0.3, 0.4) is 0 Å². The first-order chi connectivity index (χ1) is 25.6. The zero-order valence-corrected chi connectivity index (χ0v) is 31.4. The molecule has 4 rings (SSSR count). The first-order valence-corrected chi connectivity index (χ1v) is 17.5. The van der Waals surface area contributed by atoms with E-state index in [2.05, 4.69) is 17.2 Å². The number of aryl methyl sites for hydroxylation is 1. The number of nitrogens with one attached hydrogen (secondary N) is 2. The number of hydrogen-bond donors (Lipinski definition) is 8. The van der Waals surface area contributed by atoms with Gasteiger partial charge in [-0.1, -0.05) is 93.2 Å². The van der Waals surface area contributed by atoms with Gasteiger partial charge in [0.15, 0.2) is 23.0 Å². The van der Waals surface area contributed by atoms with Gasteiger partial charge in [0.2, 0.25) is 0 Å². The van der Waals surface area contributed by atoms with Gasteiger partial charge in [0, 0.05) is 35.0 Å². The molecule has 0 saturated heterocycles. The third-order valence-electron chi connectivity index (χ3n) is 9.38. The molecule has 0 unspecified atom stereocenters. The van der Waals surface area contributed by atoms with Gasteiger partial charge in [-0.15, -0.1) is 0 Å². The number of benzene rings is 4. The Morgan fingerprint density at radius 1 is 0.778 bits per heavy atom. The van der Waals surface area contributed by atoms with Crippen LogP contribution >= 0.6 is 0 Å². The number of fused-ring (bicyclic) bond motifs is 1. The van der Waals surface area contributed by atoms with Crippen LogP contribution in [0.1, 0.15) is 79.1 Å². The van der Waals surface area contributed by atoms with Gasteiger partial charge in [-0.3, -0.25) is 9.59 Å². The number of aliphatic hydroxyl groups excluding tert-OH is 3. The first kappa shape index (κ1) is 40.4. The SMILES string of the molecule is C=C(O)\C(O)=C(C(=O)NC[C@@H](C)c1ccccc1)/C(/C=C(C)\C(=C(/C)O)c1c(C)cc2c(C(=O)NC[C@H](C)c3ccccc3)c(O)c(O)cc2c1O)=C\C. The van der Waals surface area contributed by atoms with Gasteiger partial charge in [-0.05, 0) is 79.5 Å². The van der Waals surface area contributed by atoms with Crippen molar-refractivity contribution in [3.8, 4) is 17.2 Å². The quantitative estimate of drug-likeness (QED) is 0.0291. The molecule has 0 aromatic heterocycles. The molecule has 54 heavy (non-hydrogen) atoms. The number of phenolic OH excluding ortho intramolecular Hbond substituents is 3. The van der Waals surface area contributed by atoms with Gasteiger partial charge >= 0.3 is 0 Å². The van der Waals surface area contributed by atoms with Gasteiger partial charge in [0.25, 0.3) is 11.8 Å². The summed E-state index contributed by atoms with van der Waals surface area (Å²) in [6, 6.07) is 21.8. The summed E-state index contributed by atoms with van der Waals surface area (Å²) in [5.41, 5.74) is 2.73. The Hall–Kier alpha value is -6.42. The fourth-order valence-corrected chi connectivity index (χ4v) is 6.43. The summed E-state index contributed by atoms with van der Waals surface area (Å²) in [5, 5.41) is 71.3. The van der Waals surface area contributed by atoms with Gasteiger partial charge in [0.1, 0.15) is 5.75 Å². The summed E-state index contributed by atoms with van der Waals surface area (Å²) < 4.78 is 0. The van der Waals surface area contributed by atoms with Crippen LogP contribution in [-0.2, 0) is 4.79 Å². The van der Waals surface area contributed by atoms with Gasteiger partial charge in [0.05, 0.1) is 16.9 Å². The molecule has 0 heterocycles. The fourth-order valence-electron chi connectivity index (χ4n) is 6.43. The zero-order chi connectivity index (χ0) is 39.9. The number of rotatable bonds is 13. The predicted molar refractivity (Wildman–Crippen MR) is 213 cm³/mol. The highest BCUT2D eigenvalue weighted by Crippen LogP contribution is 2.45. The molecule has 0 bridgehead atoms. The number of hydrogen-bond acceptors (Lipinski definition) is 8. The van der Waals surface area contributed by atoms with Gasteiger partial charge < -0.3 is 41.3 Å². The monoisotopic (exact) mass is 732 g/mol. The van der Waals surface area contributed by atoms with Crippen LogP contribution in [0.4, 0.5) is 0 Å². The molecule has 0 radical (unpaired) electrons. The lowest BCUT2D eigenvalue weighted by atomic mass is 9.87. The fraction of sp³-hybridized carbons (Fsp3) is 0.227. The molecule has 10 heteroatoms. The topological polar surface area (TPSA) is 180 Å². The van der Waals surface area contributed by atoms with Crippen LogP contribution in [0.15, 0.2) is 126 Å². The van der Waals surface area contributed by atoms with Crippen LogP contribution in [0.5, 0.6) is 17.2 Å². The number of allylic oxidation sites excluding steroid dienone is 5. The second-order valence-corrected chi connectivity index (χ2v) is 13.4. The van der Waals surface area contributed by atoms with Crippen LogP contribution < -0.4 is 10.6 Å². The van der Waals surface area contributed by atoms with E-state index < -0.39 is 34.8 Å². The van der Waals surface area contributed by atoms with Crippen LogP contribution in [0.25, 0.3) is 16.3 Å². The van der Waals surface area contributed by atoms with Crippen molar-refractivity contribution in [2.75, 3.05) is 13.1 Å². The molecule has 0 aliphatic carbocycles. The van der Waals surface area contributed by atoms with Crippen molar-refractivity contribution in [1.82, 2.24) is 10.6 Å². The standard InChI is InChI=1S/C44H48N2O8/c1-8-30(38(40(50)29(7)48)43(53)45-22-26(4)31-15-11-9-12-16-31)19-24(2)36(28(6)47)37-25(3)20-33-34(41(37)51)21-35(49)42(52)39(33)44(54)46-23-27(5)32-17-13-10-14-18-32/h8-21,26-27,47-52H,7,22-23H2,1-6H3,(H,45,53)(H,46,54)/b24-19-,30-8-,36-28-,40-38-/t26-,27+/m1/s1. The lowest BCUT2D eigenvalue weighted by molar-refractivity contribution is -0.117. The largest absolute Gasteiger partial charge is 0.512 e. The Morgan fingerprint density at radius 2 is 1.31 bits per heavy atom. The van der Waals surface area contributed by atoms with E-state index in [1.165, 1.54) is 13.0 Å². The van der Waals surface area contributed by atoms with Crippen LogP contribution in [0.2, 0.25) is 0 Å². The molecule has 0 aliphatic heterocycles.